The van der Waals surface area contributed by atoms with Crippen LogP contribution in [0.15, 0.2) is 17.5 Å². The number of aliphatic carboxylic acids is 1. The molecule has 0 aliphatic heterocycles. The SMILES string of the molecule is O=C(O)CCC(=O)CNC(=O)c1cccs1. The Labute approximate surface area is 96.1 Å². The first kappa shape index (κ1) is 12.4. The summed E-state index contributed by atoms with van der Waals surface area (Å²) in [5.74, 6) is -1.61. The van der Waals surface area contributed by atoms with Crippen molar-refractivity contribution in [3.8, 4) is 0 Å². The highest BCUT2D eigenvalue weighted by molar-refractivity contribution is 7.12. The lowest BCUT2D eigenvalue weighted by Gasteiger charge is -2.01. The summed E-state index contributed by atoms with van der Waals surface area (Å²) in [6, 6.07) is 3.40. The summed E-state index contributed by atoms with van der Waals surface area (Å²) in [6.45, 7) is -0.121. The lowest BCUT2D eigenvalue weighted by Crippen LogP contribution is -2.29. The van der Waals surface area contributed by atoms with E-state index in [9.17, 15) is 14.4 Å². The highest BCUT2D eigenvalue weighted by Gasteiger charge is 2.09. The molecule has 0 bridgehead atoms. The van der Waals surface area contributed by atoms with Gasteiger partial charge in [-0.3, -0.25) is 14.4 Å². The molecule has 86 valence electrons. The van der Waals surface area contributed by atoms with Crippen molar-refractivity contribution in [1.82, 2.24) is 5.32 Å². The Morgan fingerprint density at radius 2 is 2.06 bits per heavy atom. The minimum Gasteiger partial charge on any atom is -0.481 e. The van der Waals surface area contributed by atoms with Gasteiger partial charge in [-0.15, -0.1) is 11.3 Å². The van der Waals surface area contributed by atoms with Crippen molar-refractivity contribution in [3.63, 3.8) is 0 Å². The first-order valence-corrected chi connectivity index (χ1v) is 5.53. The fourth-order valence-electron chi connectivity index (χ4n) is 1.01. The van der Waals surface area contributed by atoms with Gasteiger partial charge in [-0.1, -0.05) is 6.07 Å². The van der Waals surface area contributed by atoms with Crippen molar-refractivity contribution < 1.29 is 19.5 Å². The van der Waals surface area contributed by atoms with Gasteiger partial charge in [0.25, 0.3) is 5.91 Å². The first-order chi connectivity index (χ1) is 7.59. The second-order valence-electron chi connectivity index (χ2n) is 3.09. The summed E-state index contributed by atoms with van der Waals surface area (Å²) in [5, 5.41) is 12.6. The molecule has 1 amide bonds. The minimum atomic E-state index is -1.02. The van der Waals surface area contributed by atoms with E-state index in [0.717, 1.165) is 0 Å². The zero-order valence-corrected chi connectivity index (χ0v) is 9.25. The number of carbonyl (C=O) groups is 3. The van der Waals surface area contributed by atoms with Gasteiger partial charge in [0.15, 0.2) is 5.78 Å². The van der Waals surface area contributed by atoms with Gasteiger partial charge in [0.2, 0.25) is 0 Å². The molecule has 0 fully saturated rings. The quantitative estimate of drug-likeness (QED) is 0.775. The van der Waals surface area contributed by atoms with E-state index in [1.54, 1.807) is 17.5 Å². The Morgan fingerprint density at radius 3 is 2.62 bits per heavy atom. The van der Waals surface area contributed by atoms with Crippen LogP contribution in [-0.4, -0.2) is 29.3 Å². The van der Waals surface area contributed by atoms with E-state index in [0.29, 0.717) is 4.88 Å². The van der Waals surface area contributed by atoms with Crippen LogP contribution >= 0.6 is 11.3 Å². The third-order valence-electron chi connectivity index (χ3n) is 1.81. The van der Waals surface area contributed by atoms with Crippen LogP contribution in [0, 0.1) is 0 Å². The fraction of sp³-hybridized carbons (Fsp3) is 0.300. The molecule has 0 saturated carbocycles. The molecular weight excluding hydrogens is 230 g/mol. The summed E-state index contributed by atoms with van der Waals surface area (Å²) in [4.78, 5) is 33.3. The largest absolute Gasteiger partial charge is 0.481 e. The van der Waals surface area contributed by atoms with Gasteiger partial charge in [0.1, 0.15) is 0 Å². The van der Waals surface area contributed by atoms with Gasteiger partial charge in [-0.2, -0.15) is 0 Å². The van der Waals surface area contributed by atoms with Crippen molar-refractivity contribution in [3.05, 3.63) is 22.4 Å². The molecule has 0 aliphatic carbocycles. The number of thiophene rings is 1. The molecule has 0 spiro atoms. The normalized spacial score (nSPS) is 9.75. The summed E-state index contributed by atoms with van der Waals surface area (Å²) in [7, 11) is 0. The van der Waals surface area contributed by atoms with Gasteiger partial charge in [0, 0.05) is 6.42 Å². The number of nitrogens with one attached hydrogen (secondary N) is 1. The predicted molar refractivity (Wildman–Crippen MR) is 58.5 cm³/mol. The zero-order chi connectivity index (χ0) is 12.0. The smallest absolute Gasteiger partial charge is 0.303 e. The number of rotatable bonds is 6. The molecule has 0 aliphatic rings. The van der Waals surface area contributed by atoms with Crippen molar-refractivity contribution in [1.29, 1.82) is 0 Å². The average Bonchev–Trinajstić information content (AvgIpc) is 2.76. The van der Waals surface area contributed by atoms with Crippen LogP contribution in [0.25, 0.3) is 0 Å². The lowest BCUT2D eigenvalue weighted by molar-refractivity contribution is -0.138. The fourth-order valence-corrected chi connectivity index (χ4v) is 1.65. The van der Waals surface area contributed by atoms with Gasteiger partial charge in [-0.05, 0) is 11.4 Å². The molecule has 0 aromatic carbocycles. The minimum absolute atomic E-state index is 0.0555. The topological polar surface area (TPSA) is 83.5 Å². The third-order valence-corrected chi connectivity index (χ3v) is 2.68. The predicted octanol–water partition coefficient (Wildman–Crippen LogP) is 0.912. The monoisotopic (exact) mass is 241 g/mol. The molecule has 1 aromatic heterocycles. The second kappa shape index (κ2) is 6.02. The van der Waals surface area contributed by atoms with Crippen LogP contribution in [0.2, 0.25) is 0 Å². The van der Waals surface area contributed by atoms with Crippen LogP contribution in [0.1, 0.15) is 22.5 Å². The van der Waals surface area contributed by atoms with Crippen LogP contribution in [-0.2, 0) is 9.59 Å². The van der Waals surface area contributed by atoms with Crippen LogP contribution < -0.4 is 5.32 Å². The van der Waals surface area contributed by atoms with Gasteiger partial charge in [0.05, 0.1) is 17.8 Å². The van der Waals surface area contributed by atoms with Crippen molar-refractivity contribution in [2.24, 2.45) is 0 Å². The molecule has 5 nitrogen and oxygen atoms in total. The van der Waals surface area contributed by atoms with E-state index in [1.165, 1.54) is 11.3 Å². The molecule has 0 radical (unpaired) electrons. The van der Waals surface area contributed by atoms with Crippen LogP contribution in [0.3, 0.4) is 0 Å². The molecule has 0 atom stereocenters. The Balaban J connectivity index is 2.27. The van der Waals surface area contributed by atoms with Gasteiger partial charge in [-0.25, -0.2) is 0 Å². The number of Topliss-reactive ketones (excluding diaryl/α,β-unsaturated/α-hetero) is 1. The second-order valence-corrected chi connectivity index (χ2v) is 4.04. The van der Waals surface area contributed by atoms with Crippen LogP contribution in [0.5, 0.6) is 0 Å². The number of ketones is 1. The maximum absolute atomic E-state index is 11.4. The molecule has 1 aromatic rings. The standard InChI is InChI=1S/C10H11NO4S/c12-7(3-4-9(13)14)6-11-10(15)8-2-1-5-16-8/h1-2,5H,3-4,6H2,(H,11,15)(H,13,14). The van der Waals surface area contributed by atoms with Gasteiger partial charge >= 0.3 is 5.97 Å². The van der Waals surface area contributed by atoms with E-state index < -0.39 is 5.97 Å². The van der Waals surface area contributed by atoms with E-state index in [-0.39, 0.29) is 31.1 Å². The average molecular weight is 241 g/mol. The molecule has 1 heterocycles. The summed E-state index contributed by atoms with van der Waals surface area (Å²) >= 11 is 1.28. The van der Waals surface area contributed by atoms with E-state index in [2.05, 4.69) is 5.32 Å². The summed E-state index contributed by atoms with van der Waals surface area (Å²) in [5.41, 5.74) is 0. The number of carbonyl (C=O) groups excluding carboxylic acids is 2. The maximum atomic E-state index is 11.4. The summed E-state index contributed by atoms with van der Waals surface area (Å²) in [6.07, 6.45) is -0.256. The molecule has 2 N–H and O–H groups in total. The first-order valence-electron chi connectivity index (χ1n) is 4.65. The van der Waals surface area contributed by atoms with E-state index in [1.807, 2.05) is 0 Å². The Morgan fingerprint density at radius 1 is 1.31 bits per heavy atom. The van der Waals surface area contributed by atoms with E-state index >= 15 is 0 Å². The molecule has 1 rings (SSSR count). The van der Waals surface area contributed by atoms with Gasteiger partial charge < -0.3 is 10.4 Å². The number of carboxylic acids is 1. The highest BCUT2D eigenvalue weighted by Crippen LogP contribution is 2.07. The molecule has 0 unspecified atom stereocenters. The molecule has 0 saturated heterocycles. The summed E-state index contributed by atoms with van der Waals surface area (Å²) < 4.78 is 0. The number of hydrogen-bond donors (Lipinski definition) is 2. The van der Waals surface area contributed by atoms with Crippen molar-refractivity contribution >= 4 is 29.0 Å². The Bertz CT molecular complexity index is 386. The third kappa shape index (κ3) is 4.22. The van der Waals surface area contributed by atoms with Crippen LogP contribution in [0.4, 0.5) is 0 Å². The lowest BCUT2D eigenvalue weighted by atomic mass is 10.2. The Kier molecular flexibility index (Phi) is 4.65. The number of carboxylic acid groups (broad SMARTS) is 1. The van der Waals surface area contributed by atoms with Crippen molar-refractivity contribution in [2.45, 2.75) is 12.8 Å². The molecule has 16 heavy (non-hydrogen) atoms. The van der Waals surface area contributed by atoms with Crippen molar-refractivity contribution in [2.75, 3.05) is 6.54 Å². The number of hydrogen-bond acceptors (Lipinski definition) is 4. The highest BCUT2D eigenvalue weighted by atomic mass is 32.1. The Hall–Kier alpha value is -1.69. The number of amides is 1. The van der Waals surface area contributed by atoms with E-state index in [4.69, 9.17) is 5.11 Å². The zero-order valence-electron chi connectivity index (χ0n) is 8.43. The maximum Gasteiger partial charge on any atom is 0.303 e. The molecular formula is C10H11NO4S. The molecule has 6 heteroatoms.